The number of aromatic nitrogens is 1. The molecule has 0 saturated heterocycles. The molecule has 1 heterocycles. The summed E-state index contributed by atoms with van der Waals surface area (Å²) in [5.41, 5.74) is 0.754. The Morgan fingerprint density at radius 1 is 1.00 bits per heavy atom. The van der Waals surface area contributed by atoms with Crippen molar-refractivity contribution in [2.45, 2.75) is 11.8 Å². The van der Waals surface area contributed by atoms with E-state index in [0.717, 1.165) is 10.9 Å². The van der Waals surface area contributed by atoms with Crippen LogP contribution in [0.5, 0.6) is 11.5 Å². The van der Waals surface area contributed by atoms with E-state index in [0.29, 0.717) is 18.1 Å². The van der Waals surface area contributed by atoms with Crippen LogP contribution >= 0.6 is 0 Å². The van der Waals surface area contributed by atoms with Crippen molar-refractivity contribution in [1.82, 2.24) is 9.71 Å². The van der Waals surface area contributed by atoms with E-state index in [4.69, 9.17) is 9.47 Å². The predicted octanol–water partition coefficient (Wildman–Crippen LogP) is 2.99. The Kier molecular flexibility index (Phi) is 5.70. The van der Waals surface area contributed by atoms with E-state index in [1.165, 1.54) is 12.1 Å². The van der Waals surface area contributed by atoms with Crippen molar-refractivity contribution in [2.24, 2.45) is 0 Å². The molecule has 1 aromatic heterocycles. The first-order valence-electron chi connectivity index (χ1n) is 8.29. The quantitative estimate of drug-likeness (QED) is 0.615. The standard InChI is InChI=1S/C19H20N2O4S/c1-2-24-16-8-10-17(11-9-16)26(22,23)21-13-14-25-18-7-3-5-15-6-4-12-20-19(15)18/h3-12,21H,2,13-14H2,1H3. The molecular formula is C19H20N2O4S. The summed E-state index contributed by atoms with van der Waals surface area (Å²) < 4.78 is 38.1. The first kappa shape index (κ1) is 18.2. The van der Waals surface area contributed by atoms with Crippen molar-refractivity contribution in [1.29, 1.82) is 0 Å². The minimum Gasteiger partial charge on any atom is -0.494 e. The topological polar surface area (TPSA) is 77.5 Å². The van der Waals surface area contributed by atoms with Gasteiger partial charge in [-0.1, -0.05) is 18.2 Å². The highest BCUT2D eigenvalue weighted by Gasteiger charge is 2.13. The van der Waals surface area contributed by atoms with Gasteiger partial charge in [0.2, 0.25) is 10.0 Å². The number of nitrogens with zero attached hydrogens (tertiary/aromatic N) is 1. The van der Waals surface area contributed by atoms with E-state index in [9.17, 15) is 8.42 Å². The molecule has 0 aliphatic carbocycles. The van der Waals surface area contributed by atoms with Gasteiger partial charge in [0.15, 0.2) is 0 Å². The number of pyridine rings is 1. The molecule has 6 nitrogen and oxygen atoms in total. The summed E-state index contributed by atoms with van der Waals surface area (Å²) in [6.07, 6.45) is 1.70. The van der Waals surface area contributed by atoms with Crippen molar-refractivity contribution in [3.63, 3.8) is 0 Å². The number of nitrogens with one attached hydrogen (secondary N) is 1. The fourth-order valence-corrected chi connectivity index (χ4v) is 3.51. The number of benzene rings is 2. The van der Waals surface area contributed by atoms with Crippen LogP contribution in [-0.2, 0) is 10.0 Å². The van der Waals surface area contributed by atoms with Gasteiger partial charge in [-0.05, 0) is 43.3 Å². The number of para-hydroxylation sites is 1. The lowest BCUT2D eigenvalue weighted by Crippen LogP contribution is -2.28. The average molecular weight is 372 g/mol. The Morgan fingerprint density at radius 2 is 1.77 bits per heavy atom. The number of hydrogen-bond acceptors (Lipinski definition) is 5. The Balaban J connectivity index is 1.58. The van der Waals surface area contributed by atoms with Crippen LogP contribution in [0.2, 0.25) is 0 Å². The Hall–Kier alpha value is -2.64. The van der Waals surface area contributed by atoms with Gasteiger partial charge in [-0.15, -0.1) is 0 Å². The van der Waals surface area contributed by atoms with Crippen LogP contribution in [0.15, 0.2) is 65.7 Å². The number of sulfonamides is 1. The molecule has 136 valence electrons. The van der Waals surface area contributed by atoms with Gasteiger partial charge in [-0.25, -0.2) is 13.1 Å². The third-order valence-electron chi connectivity index (χ3n) is 3.69. The van der Waals surface area contributed by atoms with E-state index < -0.39 is 10.0 Å². The lowest BCUT2D eigenvalue weighted by molar-refractivity contribution is 0.326. The number of ether oxygens (including phenoxy) is 2. The zero-order valence-corrected chi connectivity index (χ0v) is 15.2. The molecule has 2 aromatic carbocycles. The fourth-order valence-electron chi connectivity index (χ4n) is 2.49. The molecule has 3 rings (SSSR count). The van der Waals surface area contributed by atoms with Crippen LogP contribution < -0.4 is 14.2 Å². The largest absolute Gasteiger partial charge is 0.494 e. The maximum absolute atomic E-state index is 12.3. The van der Waals surface area contributed by atoms with E-state index in [2.05, 4.69) is 9.71 Å². The molecule has 0 amide bonds. The third-order valence-corrected chi connectivity index (χ3v) is 5.17. The Bertz CT molecular complexity index is 967. The monoisotopic (exact) mass is 372 g/mol. The van der Waals surface area contributed by atoms with Crippen molar-refractivity contribution in [3.8, 4) is 11.5 Å². The Labute approximate surface area is 152 Å². The summed E-state index contributed by atoms with van der Waals surface area (Å²) in [4.78, 5) is 4.49. The molecule has 0 aliphatic rings. The normalized spacial score (nSPS) is 11.4. The predicted molar refractivity (Wildman–Crippen MR) is 100 cm³/mol. The molecule has 0 spiro atoms. The van der Waals surface area contributed by atoms with E-state index in [1.54, 1.807) is 18.3 Å². The van der Waals surface area contributed by atoms with Crippen molar-refractivity contribution >= 4 is 20.9 Å². The number of fused-ring (bicyclic) bond motifs is 1. The highest BCUT2D eigenvalue weighted by molar-refractivity contribution is 7.89. The maximum atomic E-state index is 12.3. The molecule has 0 aliphatic heterocycles. The summed E-state index contributed by atoms with van der Waals surface area (Å²) >= 11 is 0. The van der Waals surface area contributed by atoms with Gasteiger partial charge in [0.05, 0.1) is 11.5 Å². The summed E-state index contributed by atoms with van der Waals surface area (Å²) in [6.45, 7) is 2.76. The first-order chi connectivity index (χ1) is 12.6. The van der Waals surface area contributed by atoms with Gasteiger partial charge in [0.1, 0.15) is 23.6 Å². The number of rotatable bonds is 8. The molecule has 26 heavy (non-hydrogen) atoms. The van der Waals surface area contributed by atoms with Crippen LogP contribution in [-0.4, -0.2) is 33.2 Å². The van der Waals surface area contributed by atoms with Gasteiger partial charge in [0.25, 0.3) is 0 Å². The average Bonchev–Trinajstić information content (AvgIpc) is 2.66. The third kappa shape index (κ3) is 4.30. The minimum atomic E-state index is -3.59. The molecule has 0 saturated carbocycles. The zero-order chi connectivity index (χ0) is 18.4. The smallest absolute Gasteiger partial charge is 0.240 e. The lowest BCUT2D eigenvalue weighted by atomic mass is 10.2. The molecule has 1 N–H and O–H groups in total. The molecular weight excluding hydrogens is 352 g/mol. The van der Waals surface area contributed by atoms with Crippen molar-refractivity contribution in [3.05, 3.63) is 60.8 Å². The SMILES string of the molecule is CCOc1ccc(S(=O)(=O)NCCOc2cccc3cccnc23)cc1. The van der Waals surface area contributed by atoms with E-state index in [1.807, 2.05) is 37.3 Å². The summed E-state index contributed by atoms with van der Waals surface area (Å²) in [5, 5.41) is 0.972. The molecule has 0 atom stereocenters. The lowest BCUT2D eigenvalue weighted by Gasteiger charge is -2.10. The van der Waals surface area contributed by atoms with Gasteiger partial charge < -0.3 is 9.47 Å². The maximum Gasteiger partial charge on any atom is 0.240 e. The Morgan fingerprint density at radius 3 is 2.54 bits per heavy atom. The second-order valence-electron chi connectivity index (χ2n) is 5.48. The van der Waals surface area contributed by atoms with Crippen LogP contribution in [0.4, 0.5) is 0 Å². The molecule has 7 heteroatoms. The van der Waals surface area contributed by atoms with Crippen LogP contribution in [0, 0.1) is 0 Å². The molecule has 0 unspecified atom stereocenters. The van der Waals surface area contributed by atoms with E-state index >= 15 is 0 Å². The summed E-state index contributed by atoms with van der Waals surface area (Å²) in [6, 6.07) is 15.8. The van der Waals surface area contributed by atoms with Gasteiger partial charge in [0, 0.05) is 18.1 Å². The van der Waals surface area contributed by atoms with Gasteiger partial charge >= 0.3 is 0 Å². The fraction of sp³-hybridized carbons (Fsp3) is 0.211. The van der Waals surface area contributed by atoms with E-state index in [-0.39, 0.29) is 18.0 Å². The van der Waals surface area contributed by atoms with Crippen LogP contribution in [0.25, 0.3) is 10.9 Å². The molecule has 0 bridgehead atoms. The van der Waals surface area contributed by atoms with Gasteiger partial charge in [-0.3, -0.25) is 4.98 Å². The summed E-state index contributed by atoms with van der Waals surface area (Å²) in [7, 11) is -3.59. The van der Waals surface area contributed by atoms with Crippen molar-refractivity contribution < 1.29 is 17.9 Å². The van der Waals surface area contributed by atoms with Gasteiger partial charge in [-0.2, -0.15) is 0 Å². The minimum absolute atomic E-state index is 0.152. The highest BCUT2D eigenvalue weighted by Crippen LogP contribution is 2.22. The first-order valence-corrected chi connectivity index (χ1v) is 9.77. The highest BCUT2D eigenvalue weighted by atomic mass is 32.2. The second kappa shape index (κ2) is 8.16. The zero-order valence-electron chi connectivity index (χ0n) is 14.4. The molecule has 0 fully saturated rings. The second-order valence-corrected chi connectivity index (χ2v) is 7.25. The molecule has 3 aromatic rings. The van der Waals surface area contributed by atoms with Crippen LogP contribution in [0.3, 0.4) is 0 Å². The summed E-state index contributed by atoms with van der Waals surface area (Å²) in [5.74, 6) is 1.27. The number of hydrogen-bond donors (Lipinski definition) is 1. The van der Waals surface area contributed by atoms with Crippen molar-refractivity contribution in [2.75, 3.05) is 19.8 Å². The van der Waals surface area contributed by atoms with Crippen LogP contribution in [0.1, 0.15) is 6.92 Å². The molecule has 0 radical (unpaired) electrons.